The first-order chi connectivity index (χ1) is 11.7. The van der Waals surface area contributed by atoms with Gasteiger partial charge in [0.25, 0.3) is 0 Å². The van der Waals surface area contributed by atoms with Crippen LogP contribution in [0.25, 0.3) is 0 Å². The molecule has 2 saturated heterocycles. The normalized spacial score (nSPS) is 25.7. The zero-order valence-corrected chi connectivity index (χ0v) is 14.2. The van der Waals surface area contributed by atoms with Gasteiger partial charge in [-0.05, 0) is 44.1 Å². The molecule has 0 spiro atoms. The van der Waals surface area contributed by atoms with Crippen molar-refractivity contribution in [1.29, 1.82) is 0 Å². The van der Waals surface area contributed by atoms with Crippen LogP contribution in [0.15, 0.2) is 24.3 Å². The lowest BCUT2D eigenvalue weighted by molar-refractivity contribution is -0.140. The van der Waals surface area contributed by atoms with Gasteiger partial charge in [-0.1, -0.05) is 12.1 Å². The molecular weight excluding hydrogens is 309 g/mol. The number of rotatable bonds is 4. The molecule has 2 aliphatic heterocycles. The Morgan fingerprint density at radius 2 is 2.08 bits per heavy atom. The van der Waals surface area contributed by atoms with Crippen molar-refractivity contribution in [2.24, 2.45) is 0 Å². The number of nitrogens with one attached hydrogen (secondary N) is 1. The molecular formula is C18H26FN3O2. The molecule has 2 atom stereocenters. The molecule has 3 rings (SSSR count). The average molecular weight is 335 g/mol. The van der Waals surface area contributed by atoms with Crippen LogP contribution >= 0.6 is 0 Å². The summed E-state index contributed by atoms with van der Waals surface area (Å²) in [4.78, 5) is 16.7. The van der Waals surface area contributed by atoms with Gasteiger partial charge in [-0.3, -0.25) is 9.69 Å². The van der Waals surface area contributed by atoms with Crippen molar-refractivity contribution in [3.05, 3.63) is 35.6 Å². The number of morpholine rings is 1. The van der Waals surface area contributed by atoms with Crippen molar-refractivity contribution in [3.63, 3.8) is 0 Å². The fraction of sp³-hybridized carbons (Fsp3) is 0.611. The predicted molar refractivity (Wildman–Crippen MR) is 90.2 cm³/mol. The summed E-state index contributed by atoms with van der Waals surface area (Å²) in [6, 6.07) is 6.81. The summed E-state index contributed by atoms with van der Waals surface area (Å²) in [6.45, 7) is 4.05. The molecule has 2 unspecified atom stereocenters. The summed E-state index contributed by atoms with van der Waals surface area (Å²) in [5, 5.41) is 3.30. The van der Waals surface area contributed by atoms with Crippen LogP contribution in [0, 0.1) is 5.82 Å². The molecule has 2 aliphatic rings. The summed E-state index contributed by atoms with van der Waals surface area (Å²) < 4.78 is 18.8. The monoisotopic (exact) mass is 335 g/mol. The molecule has 0 bridgehead atoms. The summed E-state index contributed by atoms with van der Waals surface area (Å²) in [5.41, 5.74) is 0.919. The van der Waals surface area contributed by atoms with E-state index in [9.17, 15) is 9.18 Å². The first kappa shape index (κ1) is 17.3. The maximum Gasteiger partial charge on any atom is 0.236 e. The standard InChI is InChI=1S/C18H26FN3O2/c1-20-16-3-2-8-21(11-16)13-18(23)22-9-10-24-17(12-22)14-4-6-15(19)7-5-14/h4-7,16-17,20H,2-3,8-13H2,1H3. The summed E-state index contributed by atoms with van der Waals surface area (Å²) in [7, 11) is 1.98. The number of carbonyl (C=O) groups excluding carboxylic acids is 1. The quantitative estimate of drug-likeness (QED) is 0.904. The van der Waals surface area contributed by atoms with E-state index in [0.717, 1.165) is 25.1 Å². The van der Waals surface area contributed by atoms with Crippen molar-refractivity contribution >= 4 is 5.91 Å². The molecule has 0 aliphatic carbocycles. The molecule has 6 heteroatoms. The summed E-state index contributed by atoms with van der Waals surface area (Å²) in [6.07, 6.45) is 2.13. The first-order valence-electron chi connectivity index (χ1n) is 8.70. The number of benzene rings is 1. The molecule has 1 aromatic rings. The highest BCUT2D eigenvalue weighted by Gasteiger charge is 2.27. The Hall–Kier alpha value is -1.50. The van der Waals surface area contributed by atoms with Crippen LogP contribution in [-0.4, -0.2) is 68.1 Å². The van der Waals surface area contributed by atoms with E-state index in [2.05, 4.69) is 10.2 Å². The van der Waals surface area contributed by atoms with Gasteiger partial charge in [-0.2, -0.15) is 0 Å². The van der Waals surface area contributed by atoms with Crippen molar-refractivity contribution in [2.75, 3.05) is 46.4 Å². The highest BCUT2D eigenvalue weighted by atomic mass is 19.1. The zero-order chi connectivity index (χ0) is 16.9. The maximum atomic E-state index is 13.1. The third-order valence-corrected chi connectivity index (χ3v) is 4.93. The van der Waals surface area contributed by atoms with Gasteiger partial charge in [0.2, 0.25) is 5.91 Å². The maximum absolute atomic E-state index is 13.1. The molecule has 1 amide bonds. The number of piperidine rings is 1. The average Bonchev–Trinajstić information content (AvgIpc) is 2.62. The molecule has 0 radical (unpaired) electrons. The van der Waals surface area contributed by atoms with Gasteiger partial charge in [-0.15, -0.1) is 0 Å². The van der Waals surface area contributed by atoms with Gasteiger partial charge in [0, 0.05) is 19.1 Å². The number of carbonyl (C=O) groups is 1. The van der Waals surface area contributed by atoms with Gasteiger partial charge in [0.05, 0.1) is 19.7 Å². The van der Waals surface area contributed by atoms with Crippen molar-refractivity contribution in [2.45, 2.75) is 25.0 Å². The second-order valence-electron chi connectivity index (χ2n) is 6.61. The van der Waals surface area contributed by atoms with Gasteiger partial charge in [0.1, 0.15) is 11.9 Å². The Morgan fingerprint density at radius 1 is 1.29 bits per heavy atom. The molecule has 1 aromatic carbocycles. The lowest BCUT2D eigenvalue weighted by Crippen LogP contribution is -2.50. The van der Waals surface area contributed by atoms with Crippen LogP contribution in [0.4, 0.5) is 4.39 Å². The Labute approximate surface area is 142 Å². The third kappa shape index (κ3) is 4.32. The second kappa shape index (κ2) is 8.05. The third-order valence-electron chi connectivity index (χ3n) is 4.93. The van der Waals surface area contributed by atoms with Crippen LogP contribution in [0.5, 0.6) is 0 Å². The fourth-order valence-electron chi connectivity index (χ4n) is 3.48. The minimum atomic E-state index is -0.258. The predicted octanol–water partition coefficient (Wildman–Crippen LogP) is 1.41. The number of likely N-dealkylation sites (N-methyl/N-ethyl adjacent to an activating group) is 1. The topological polar surface area (TPSA) is 44.8 Å². The minimum absolute atomic E-state index is 0.155. The van der Waals surface area contributed by atoms with Crippen molar-refractivity contribution in [1.82, 2.24) is 15.1 Å². The Bertz CT molecular complexity index is 552. The number of amides is 1. The number of hydrogen-bond donors (Lipinski definition) is 1. The number of halogens is 1. The van der Waals surface area contributed by atoms with Gasteiger partial charge < -0.3 is 15.0 Å². The Morgan fingerprint density at radius 3 is 2.83 bits per heavy atom. The Kier molecular flexibility index (Phi) is 5.81. The summed E-state index contributed by atoms with van der Waals surface area (Å²) >= 11 is 0. The van der Waals surface area contributed by atoms with Crippen LogP contribution in [0.1, 0.15) is 24.5 Å². The minimum Gasteiger partial charge on any atom is -0.370 e. The van der Waals surface area contributed by atoms with Crippen molar-refractivity contribution in [3.8, 4) is 0 Å². The second-order valence-corrected chi connectivity index (χ2v) is 6.61. The van der Waals surface area contributed by atoms with E-state index in [0.29, 0.717) is 32.3 Å². The lowest BCUT2D eigenvalue weighted by atomic mass is 10.1. The van der Waals surface area contributed by atoms with Crippen molar-refractivity contribution < 1.29 is 13.9 Å². The van der Waals surface area contributed by atoms with E-state index >= 15 is 0 Å². The van der Waals surface area contributed by atoms with E-state index in [-0.39, 0.29) is 17.8 Å². The largest absolute Gasteiger partial charge is 0.370 e. The van der Waals surface area contributed by atoms with Gasteiger partial charge in [0.15, 0.2) is 0 Å². The number of ether oxygens (including phenoxy) is 1. The highest BCUT2D eigenvalue weighted by Crippen LogP contribution is 2.22. The van der Waals surface area contributed by atoms with Crippen LogP contribution < -0.4 is 5.32 Å². The molecule has 132 valence electrons. The first-order valence-corrected chi connectivity index (χ1v) is 8.70. The fourth-order valence-corrected chi connectivity index (χ4v) is 3.48. The van der Waals surface area contributed by atoms with Gasteiger partial charge >= 0.3 is 0 Å². The van der Waals surface area contributed by atoms with Crippen LogP contribution in [-0.2, 0) is 9.53 Å². The highest BCUT2D eigenvalue weighted by molar-refractivity contribution is 5.78. The number of hydrogen-bond acceptors (Lipinski definition) is 4. The van der Waals surface area contributed by atoms with Crippen LogP contribution in [0.2, 0.25) is 0 Å². The zero-order valence-electron chi connectivity index (χ0n) is 14.2. The number of likely N-dealkylation sites (tertiary alicyclic amines) is 1. The number of nitrogens with zero attached hydrogens (tertiary/aromatic N) is 2. The SMILES string of the molecule is CNC1CCCN(CC(=O)N2CCOC(c3ccc(F)cc3)C2)C1. The van der Waals surface area contributed by atoms with E-state index in [1.54, 1.807) is 12.1 Å². The molecule has 2 fully saturated rings. The molecule has 24 heavy (non-hydrogen) atoms. The van der Waals surface area contributed by atoms with E-state index in [4.69, 9.17) is 4.74 Å². The molecule has 2 heterocycles. The van der Waals surface area contributed by atoms with Gasteiger partial charge in [-0.25, -0.2) is 4.39 Å². The molecule has 1 N–H and O–H groups in total. The van der Waals surface area contributed by atoms with Crippen LogP contribution in [0.3, 0.4) is 0 Å². The smallest absolute Gasteiger partial charge is 0.236 e. The molecule has 0 saturated carbocycles. The molecule has 0 aromatic heterocycles. The molecule has 5 nitrogen and oxygen atoms in total. The van der Waals surface area contributed by atoms with E-state index < -0.39 is 0 Å². The Balaban J connectivity index is 1.56. The van der Waals surface area contributed by atoms with E-state index in [1.165, 1.54) is 18.6 Å². The lowest BCUT2D eigenvalue weighted by Gasteiger charge is -2.36. The summed E-state index contributed by atoms with van der Waals surface area (Å²) in [5.74, 6) is -0.103. The van der Waals surface area contributed by atoms with E-state index in [1.807, 2.05) is 11.9 Å².